The number of rotatable bonds is 10. The fourth-order valence-corrected chi connectivity index (χ4v) is 3.35. The molecule has 0 amide bonds. The van der Waals surface area contributed by atoms with Crippen LogP contribution in [0, 0.1) is 0 Å². The van der Waals surface area contributed by atoms with Crippen molar-refractivity contribution in [3.63, 3.8) is 0 Å². The molecule has 0 fully saturated rings. The molecule has 0 aliphatic rings. The van der Waals surface area contributed by atoms with Crippen molar-refractivity contribution in [3.8, 4) is 11.5 Å². The third-order valence-electron chi connectivity index (χ3n) is 4.55. The summed E-state index contributed by atoms with van der Waals surface area (Å²) >= 11 is 18.3. The van der Waals surface area contributed by atoms with Crippen molar-refractivity contribution in [3.05, 3.63) is 57.6 Å². The molecule has 0 saturated carbocycles. The summed E-state index contributed by atoms with van der Waals surface area (Å²) < 4.78 is 11.0. The maximum Gasteiger partial charge on any atom is 0.156 e. The van der Waals surface area contributed by atoms with E-state index in [9.17, 15) is 10.2 Å². The molecule has 0 bridgehead atoms. The molecule has 0 spiro atoms. The van der Waals surface area contributed by atoms with Gasteiger partial charge in [-0.1, -0.05) is 49.2 Å². The van der Waals surface area contributed by atoms with Crippen LogP contribution in [0.5, 0.6) is 11.5 Å². The maximum absolute atomic E-state index is 9.49. The highest BCUT2D eigenvalue weighted by atomic mass is 35.5. The van der Waals surface area contributed by atoms with E-state index in [1.54, 1.807) is 12.1 Å². The van der Waals surface area contributed by atoms with E-state index in [4.69, 9.17) is 49.4 Å². The van der Waals surface area contributed by atoms with Crippen LogP contribution in [0.3, 0.4) is 0 Å². The van der Waals surface area contributed by atoms with Crippen LogP contribution < -0.4 is 9.47 Å². The molecule has 0 saturated heterocycles. The third kappa shape index (κ3) is 6.38. The first-order valence-corrected chi connectivity index (χ1v) is 10.4. The molecule has 3 N–H and O–H groups in total. The summed E-state index contributed by atoms with van der Waals surface area (Å²) in [5.41, 5.74) is 1.48. The zero-order valence-electron chi connectivity index (χ0n) is 16.2. The summed E-state index contributed by atoms with van der Waals surface area (Å²) in [6.45, 7) is 3.68. The Morgan fingerprint density at radius 2 is 1.45 bits per heavy atom. The van der Waals surface area contributed by atoms with Crippen LogP contribution in [0.2, 0.25) is 10.0 Å². The van der Waals surface area contributed by atoms with Crippen LogP contribution in [0.15, 0.2) is 36.4 Å². The lowest BCUT2D eigenvalue weighted by atomic mass is 9.78. The quantitative estimate of drug-likeness (QED) is 0.464. The van der Waals surface area contributed by atoms with Crippen molar-refractivity contribution >= 4 is 34.8 Å². The summed E-state index contributed by atoms with van der Waals surface area (Å²) in [6.07, 6.45) is -1.72. The van der Waals surface area contributed by atoms with Crippen molar-refractivity contribution < 1.29 is 24.8 Å². The average Bonchev–Trinajstić information content (AvgIpc) is 2.71. The predicted octanol–water partition coefficient (Wildman–Crippen LogP) is 4.03. The van der Waals surface area contributed by atoms with Gasteiger partial charge < -0.3 is 24.8 Å². The second-order valence-corrected chi connectivity index (χ2v) is 8.31. The van der Waals surface area contributed by atoms with E-state index < -0.39 is 24.2 Å². The van der Waals surface area contributed by atoms with Gasteiger partial charge in [-0.25, -0.2) is 0 Å². The summed E-state index contributed by atoms with van der Waals surface area (Å²) in [7, 11) is 0. The Bertz CT molecular complexity index is 772. The monoisotopic (exact) mass is 462 g/mol. The van der Waals surface area contributed by atoms with Crippen molar-refractivity contribution in [1.29, 1.82) is 0 Å². The molecule has 29 heavy (non-hydrogen) atoms. The molecule has 2 atom stereocenters. The number of halogens is 3. The van der Waals surface area contributed by atoms with E-state index in [2.05, 4.69) is 0 Å². The van der Waals surface area contributed by atoms with Gasteiger partial charge in [0, 0.05) is 5.41 Å². The van der Waals surface area contributed by atoms with Crippen molar-refractivity contribution in [2.24, 2.45) is 0 Å². The number of aliphatic hydroxyl groups is 3. The van der Waals surface area contributed by atoms with Gasteiger partial charge in [0.15, 0.2) is 5.75 Å². The van der Waals surface area contributed by atoms with E-state index in [1.165, 1.54) is 0 Å². The van der Waals surface area contributed by atoms with E-state index in [-0.39, 0.29) is 24.8 Å². The van der Waals surface area contributed by atoms with Crippen LogP contribution in [0.25, 0.3) is 0 Å². The fraction of sp³-hybridized carbons (Fsp3) is 0.429. The zero-order valence-corrected chi connectivity index (χ0v) is 18.5. The van der Waals surface area contributed by atoms with E-state index in [1.807, 2.05) is 38.1 Å². The Morgan fingerprint density at radius 3 is 1.97 bits per heavy atom. The molecule has 0 heterocycles. The van der Waals surface area contributed by atoms with Crippen molar-refractivity contribution in [2.45, 2.75) is 31.5 Å². The second-order valence-electron chi connectivity index (χ2n) is 7.18. The van der Waals surface area contributed by atoms with Crippen molar-refractivity contribution in [2.75, 3.05) is 25.7 Å². The normalized spacial score (nSPS) is 13.8. The van der Waals surface area contributed by atoms with Crippen LogP contribution in [0.1, 0.15) is 25.0 Å². The van der Waals surface area contributed by atoms with Gasteiger partial charge in [-0.3, -0.25) is 0 Å². The van der Waals surface area contributed by atoms with E-state index >= 15 is 0 Å². The topological polar surface area (TPSA) is 79.2 Å². The number of ether oxygens (including phenoxy) is 2. The minimum Gasteiger partial charge on any atom is -0.491 e. The predicted molar refractivity (Wildman–Crippen MR) is 116 cm³/mol. The lowest BCUT2D eigenvalue weighted by Gasteiger charge is -2.27. The van der Waals surface area contributed by atoms with Gasteiger partial charge >= 0.3 is 0 Å². The minimum atomic E-state index is -1.01. The summed E-state index contributed by atoms with van der Waals surface area (Å²) in [5.74, 6) is 1.02. The van der Waals surface area contributed by atoms with Crippen LogP contribution in [-0.4, -0.2) is 53.2 Å². The summed E-state index contributed by atoms with van der Waals surface area (Å²) in [5, 5.41) is 28.5. The molecule has 0 radical (unpaired) electrons. The van der Waals surface area contributed by atoms with Crippen molar-refractivity contribution in [1.82, 2.24) is 0 Å². The molecule has 2 rings (SSSR count). The largest absolute Gasteiger partial charge is 0.491 e. The number of benzene rings is 2. The average molecular weight is 464 g/mol. The lowest BCUT2D eigenvalue weighted by Crippen LogP contribution is -2.22. The SMILES string of the molecule is CC(C)(c1ccc(OC[C@@H](O)CCl)cc1)c1cc(Cl)c(OC[C@@H](O)CO)c(Cl)c1. The Balaban J connectivity index is 2.19. The van der Waals surface area contributed by atoms with E-state index in [0.717, 1.165) is 11.1 Å². The molecule has 0 aliphatic heterocycles. The molecule has 0 unspecified atom stereocenters. The van der Waals surface area contributed by atoms with Gasteiger partial charge in [0.1, 0.15) is 31.2 Å². The second kappa shape index (κ2) is 10.7. The Kier molecular flexibility index (Phi) is 8.89. The molecule has 160 valence electrons. The molecule has 2 aromatic rings. The van der Waals surface area contributed by atoms with Gasteiger partial charge in [-0.2, -0.15) is 0 Å². The van der Waals surface area contributed by atoms with Crippen LogP contribution >= 0.6 is 34.8 Å². The van der Waals surface area contributed by atoms with Gasteiger partial charge in [-0.05, 0) is 35.4 Å². The van der Waals surface area contributed by atoms with Gasteiger partial charge in [0.2, 0.25) is 0 Å². The zero-order chi connectivity index (χ0) is 21.6. The van der Waals surface area contributed by atoms with Gasteiger partial charge in [0.05, 0.1) is 22.5 Å². The highest BCUT2D eigenvalue weighted by Crippen LogP contribution is 2.40. The first-order chi connectivity index (χ1) is 13.7. The fourth-order valence-electron chi connectivity index (χ4n) is 2.66. The summed E-state index contributed by atoms with van der Waals surface area (Å²) in [6, 6.07) is 11.1. The third-order valence-corrected chi connectivity index (χ3v) is 5.47. The molecule has 0 aliphatic carbocycles. The maximum atomic E-state index is 9.49. The lowest BCUT2D eigenvalue weighted by molar-refractivity contribution is 0.0536. The molecule has 2 aromatic carbocycles. The molecular weight excluding hydrogens is 439 g/mol. The Morgan fingerprint density at radius 1 is 0.897 bits per heavy atom. The van der Waals surface area contributed by atoms with Crippen LogP contribution in [0.4, 0.5) is 0 Å². The molecule has 0 aromatic heterocycles. The molecule has 5 nitrogen and oxygen atoms in total. The standard InChI is InChI=1S/C21H25Cl3O5/c1-21(2,13-3-5-17(6-4-13)28-11-15(26)9-22)14-7-18(23)20(19(24)8-14)29-12-16(27)10-25/h3-8,15-16,25-27H,9-12H2,1-2H3/t15-,16-/m0/s1. The number of aliphatic hydroxyl groups excluding tert-OH is 3. The van der Waals surface area contributed by atoms with E-state index in [0.29, 0.717) is 15.8 Å². The Labute approximate surface area is 185 Å². The summed E-state index contributed by atoms with van der Waals surface area (Å²) in [4.78, 5) is 0. The molecular formula is C21H25Cl3O5. The smallest absolute Gasteiger partial charge is 0.156 e. The number of alkyl halides is 1. The van der Waals surface area contributed by atoms with Gasteiger partial charge in [0.25, 0.3) is 0 Å². The highest BCUT2D eigenvalue weighted by Gasteiger charge is 2.26. The van der Waals surface area contributed by atoms with Gasteiger partial charge in [-0.15, -0.1) is 11.6 Å². The first kappa shape index (κ1) is 24.1. The highest BCUT2D eigenvalue weighted by molar-refractivity contribution is 6.37. The number of hydrogen-bond donors (Lipinski definition) is 3. The number of hydrogen-bond acceptors (Lipinski definition) is 5. The minimum absolute atomic E-state index is 0.113. The first-order valence-electron chi connectivity index (χ1n) is 9.07. The molecule has 8 heteroatoms. The Hall–Kier alpha value is -1.21. The van der Waals surface area contributed by atoms with Crippen LogP contribution in [-0.2, 0) is 5.41 Å².